The zero-order valence-electron chi connectivity index (χ0n) is 9.78. The molecule has 2 atom stereocenters. The van der Waals surface area contributed by atoms with Gasteiger partial charge in [0.2, 0.25) is 0 Å². The van der Waals surface area contributed by atoms with Crippen LogP contribution in [0.5, 0.6) is 0 Å². The summed E-state index contributed by atoms with van der Waals surface area (Å²) in [5, 5.41) is 9.20. The van der Waals surface area contributed by atoms with Crippen molar-refractivity contribution >= 4 is 5.69 Å². The SMILES string of the molecule is CC1CC1CN(C)c1ccc(F)cc1CO. The molecule has 1 aromatic rings. The molecule has 88 valence electrons. The summed E-state index contributed by atoms with van der Waals surface area (Å²) in [7, 11) is 2.00. The number of aliphatic hydroxyl groups excluding tert-OH is 1. The molecule has 0 heterocycles. The lowest BCUT2D eigenvalue weighted by Crippen LogP contribution is -2.22. The van der Waals surface area contributed by atoms with Crippen molar-refractivity contribution < 1.29 is 9.50 Å². The van der Waals surface area contributed by atoms with Gasteiger partial charge in [0.25, 0.3) is 0 Å². The van der Waals surface area contributed by atoms with Crippen molar-refractivity contribution in [2.75, 3.05) is 18.5 Å². The maximum absolute atomic E-state index is 13.0. The van der Waals surface area contributed by atoms with Gasteiger partial charge in [0, 0.05) is 24.8 Å². The molecule has 1 saturated carbocycles. The van der Waals surface area contributed by atoms with Crippen LogP contribution in [0, 0.1) is 17.7 Å². The van der Waals surface area contributed by atoms with Gasteiger partial charge in [-0.25, -0.2) is 4.39 Å². The van der Waals surface area contributed by atoms with Crippen molar-refractivity contribution in [3.05, 3.63) is 29.6 Å². The van der Waals surface area contributed by atoms with Crippen LogP contribution in [-0.2, 0) is 6.61 Å². The van der Waals surface area contributed by atoms with Gasteiger partial charge in [0.1, 0.15) is 5.82 Å². The molecule has 3 heteroatoms. The summed E-state index contributed by atoms with van der Waals surface area (Å²) in [6, 6.07) is 4.59. The number of anilines is 1. The van der Waals surface area contributed by atoms with Gasteiger partial charge in [-0.15, -0.1) is 0 Å². The molecule has 1 aromatic carbocycles. The topological polar surface area (TPSA) is 23.5 Å². The maximum atomic E-state index is 13.0. The zero-order chi connectivity index (χ0) is 11.7. The molecule has 0 aliphatic heterocycles. The Morgan fingerprint density at radius 3 is 2.75 bits per heavy atom. The van der Waals surface area contributed by atoms with E-state index >= 15 is 0 Å². The van der Waals surface area contributed by atoms with Crippen molar-refractivity contribution in [3.8, 4) is 0 Å². The second-order valence-electron chi connectivity index (χ2n) is 4.78. The van der Waals surface area contributed by atoms with Gasteiger partial charge in [-0.1, -0.05) is 6.92 Å². The smallest absolute Gasteiger partial charge is 0.123 e. The number of nitrogens with zero attached hydrogens (tertiary/aromatic N) is 1. The van der Waals surface area contributed by atoms with Crippen LogP contribution < -0.4 is 4.90 Å². The summed E-state index contributed by atoms with van der Waals surface area (Å²) < 4.78 is 13.0. The molecular formula is C13H18FNO. The maximum Gasteiger partial charge on any atom is 0.123 e. The lowest BCUT2D eigenvalue weighted by Gasteiger charge is -2.22. The summed E-state index contributed by atoms with van der Waals surface area (Å²) in [6.07, 6.45) is 1.28. The van der Waals surface area contributed by atoms with E-state index in [4.69, 9.17) is 0 Å². The van der Waals surface area contributed by atoms with Crippen molar-refractivity contribution in [1.29, 1.82) is 0 Å². The van der Waals surface area contributed by atoms with Crippen LogP contribution >= 0.6 is 0 Å². The highest BCUT2D eigenvalue weighted by Gasteiger charge is 2.33. The normalized spacial score (nSPS) is 23.2. The molecule has 1 N–H and O–H groups in total. The molecule has 16 heavy (non-hydrogen) atoms. The Balaban J connectivity index is 2.12. The van der Waals surface area contributed by atoms with E-state index in [0.29, 0.717) is 5.56 Å². The number of hydrogen-bond acceptors (Lipinski definition) is 2. The van der Waals surface area contributed by atoms with E-state index in [1.807, 2.05) is 7.05 Å². The number of benzene rings is 1. The third kappa shape index (κ3) is 2.35. The van der Waals surface area contributed by atoms with E-state index < -0.39 is 0 Å². The second-order valence-corrected chi connectivity index (χ2v) is 4.78. The largest absolute Gasteiger partial charge is 0.392 e. The zero-order valence-corrected chi connectivity index (χ0v) is 9.78. The van der Waals surface area contributed by atoms with Crippen LogP contribution in [0.25, 0.3) is 0 Å². The summed E-state index contributed by atoms with van der Waals surface area (Å²) in [4.78, 5) is 2.11. The van der Waals surface area contributed by atoms with Gasteiger partial charge in [-0.2, -0.15) is 0 Å². The molecule has 2 unspecified atom stereocenters. The molecule has 0 saturated heterocycles. The van der Waals surface area contributed by atoms with E-state index in [0.717, 1.165) is 24.1 Å². The van der Waals surface area contributed by atoms with Crippen LogP contribution in [-0.4, -0.2) is 18.7 Å². The molecule has 0 spiro atoms. The quantitative estimate of drug-likeness (QED) is 0.847. The molecule has 1 aliphatic rings. The van der Waals surface area contributed by atoms with Gasteiger partial charge in [0.15, 0.2) is 0 Å². The van der Waals surface area contributed by atoms with Crippen LogP contribution in [0.15, 0.2) is 18.2 Å². The molecule has 1 aliphatic carbocycles. The molecule has 0 bridgehead atoms. The molecule has 0 radical (unpaired) electrons. The van der Waals surface area contributed by atoms with Gasteiger partial charge in [0.05, 0.1) is 6.61 Å². The third-order valence-electron chi connectivity index (χ3n) is 3.41. The van der Waals surface area contributed by atoms with Crippen molar-refractivity contribution in [2.45, 2.75) is 20.0 Å². The standard InChI is InChI=1S/C13H18FNO/c1-9-5-10(9)7-15(2)13-4-3-12(14)6-11(13)8-16/h3-4,6,9-10,16H,5,7-8H2,1-2H3. The Labute approximate surface area is 95.7 Å². The van der Waals surface area contributed by atoms with Gasteiger partial charge in [-0.05, 0) is 36.5 Å². The number of aliphatic hydroxyl groups is 1. The lowest BCUT2D eigenvalue weighted by atomic mass is 10.1. The van der Waals surface area contributed by atoms with Crippen LogP contribution in [0.2, 0.25) is 0 Å². The fourth-order valence-corrected chi connectivity index (χ4v) is 2.16. The Hall–Kier alpha value is -1.09. The fourth-order valence-electron chi connectivity index (χ4n) is 2.16. The van der Waals surface area contributed by atoms with Crippen molar-refractivity contribution in [3.63, 3.8) is 0 Å². The Morgan fingerprint density at radius 1 is 1.50 bits per heavy atom. The summed E-state index contributed by atoms with van der Waals surface area (Å²) in [6.45, 7) is 3.12. The highest BCUT2D eigenvalue weighted by atomic mass is 19.1. The van der Waals surface area contributed by atoms with Gasteiger partial charge < -0.3 is 10.0 Å². The first-order valence-corrected chi connectivity index (χ1v) is 5.72. The van der Waals surface area contributed by atoms with E-state index in [2.05, 4.69) is 11.8 Å². The van der Waals surface area contributed by atoms with Crippen LogP contribution in [0.4, 0.5) is 10.1 Å². The predicted molar refractivity (Wildman–Crippen MR) is 62.9 cm³/mol. The Kier molecular flexibility index (Phi) is 3.15. The molecule has 0 amide bonds. The Morgan fingerprint density at radius 2 is 2.19 bits per heavy atom. The van der Waals surface area contributed by atoms with Gasteiger partial charge >= 0.3 is 0 Å². The minimum absolute atomic E-state index is 0.113. The first-order valence-electron chi connectivity index (χ1n) is 5.72. The minimum atomic E-state index is -0.291. The summed E-state index contributed by atoms with van der Waals surface area (Å²) in [5.41, 5.74) is 1.60. The predicted octanol–water partition coefficient (Wildman–Crippen LogP) is 2.41. The number of halogens is 1. The molecule has 0 aromatic heterocycles. The summed E-state index contributed by atoms with van der Waals surface area (Å²) in [5.74, 6) is 1.27. The van der Waals surface area contributed by atoms with Crippen LogP contribution in [0.1, 0.15) is 18.9 Å². The van der Waals surface area contributed by atoms with E-state index in [1.165, 1.54) is 18.6 Å². The van der Waals surface area contributed by atoms with Crippen molar-refractivity contribution in [1.82, 2.24) is 0 Å². The molecule has 2 rings (SSSR count). The first-order chi connectivity index (χ1) is 7.61. The lowest BCUT2D eigenvalue weighted by molar-refractivity contribution is 0.281. The monoisotopic (exact) mass is 223 g/mol. The average molecular weight is 223 g/mol. The molecular weight excluding hydrogens is 205 g/mol. The number of hydrogen-bond donors (Lipinski definition) is 1. The molecule has 2 nitrogen and oxygen atoms in total. The average Bonchev–Trinajstić information content (AvgIpc) is 2.93. The highest BCUT2D eigenvalue weighted by Crippen LogP contribution is 2.39. The van der Waals surface area contributed by atoms with E-state index in [9.17, 15) is 9.50 Å². The first kappa shape index (κ1) is 11.4. The Bertz CT molecular complexity index is 380. The van der Waals surface area contributed by atoms with E-state index in [1.54, 1.807) is 6.07 Å². The third-order valence-corrected chi connectivity index (χ3v) is 3.41. The highest BCUT2D eigenvalue weighted by molar-refractivity contribution is 5.53. The fraction of sp³-hybridized carbons (Fsp3) is 0.538. The minimum Gasteiger partial charge on any atom is -0.392 e. The second kappa shape index (κ2) is 4.42. The van der Waals surface area contributed by atoms with Gasteiger partial charge in [-0.3, -0.25) is 0 Å². The van der Waals surface area contributed by atoms with E-state index in [-0.39, 0.29) is 12.4 Å². The summed E-state index contributed by atoms with van der Waals surface area (Å²) >= 11 is 0. The van der Waals surface area contributed by atoms with Crippen molar-refractivity contribution in [2.24, 2.45) is 11.8 Å². The number of rotatable bonds is 4. The molecule has 1 fully saturated rings. The van der Waals surface area contributed by atoms with Crippen LogP contribution in [0.3, 0.4) is 0 Å².